The van der Waals surface area contributed by atoms with Crippen molar-refractivity contribution >= 4 is 5.78 Å². The Hall–Kier alpha value is -1.85. The fourth-order valence-electron chi connectivity index (χ4n) is 8.25. The minimum Gasteiger partial charge on any atom is -0.493 e. The first kappa shape index (κ1) is 19.8. The van der Waals surface area contributed by atoms with Gasteiger partial charge in [0, 0.05) is 30.6 Å². The van der Waals surface area contributed by atoms with Crippen molar-refractivity contribution in [3.8, 4) is 11.5 Å². The summed E-state index contributed by atoms with van der Waals surface area (Å²) in [6, 6.07) is 4.69. The highest BCUT2D eigenvalue weighted by Gasteiger charge is 2.78. The predicted molar refractivity (Wildman–Crippen MR) is 118 cm³/mol. The predicted octanol–water partition coefficient (Wildman–Crippen LogP) is 3.67. The first-order valence-corrected chi connectivity index (χ1v) is 11.8. The summed E-state index contributed by atoms with van der Waals surface area (Å²) in [5.41, 5.74) is 1.72. The summed E-state index contributed by atoms with van der Waals surface area (Å²) in [6.45, 7) is 3.12. The lowest BCUT2D eigenvalue weighted by atomic mass is 9.39. The van der Waals surface area contributed by atoms with Gasteiger partial charge in [-0.05, 0) is 57.3 Å². The van der Waals surface area contributed by atoms with Crippen LogP contribution in [0.3, 0.4) is 0 Å². The van der Waals surface area contributed by atoms with Crippen LogP contribution in [0.1, 0.15) is 50.2 Å². The van der Waals surface area contributed by atoms with E-state index in [1.54, 1.807) is 14.2 Å². The Morgan fingerprint density at radius 3 is 2.87 bits per heavy atom. The number of methoxy groups -OCH3 is 2. The third-order valence-electron chi connectivity index (χ3n) is 9.44. The lowest BCUT2D eigenvalue weighted by Gasteiger charge is -2.68. The Labute approximate surface area is 184 Å². The van der Waals surface area contributed by atoms with Gasteiger partial charge in [-0.25, -0.2) is 0 Å². The van der Waals surface area contributed by atoms with Crippen LogP contribution in [0.5, 0.6) is 11.5 Å². The van der Waals surface area contributed by atoms with Gasteiger partial charge < -0.3 is 19.1 Å². The number of carbonyl (C=O) groups excluding carboxylic acids is 1. The van der Waals surface area contributed by atoms with E-state index >= 15 is 0 Å². The first-order valence-electron chi connectivity index (χ1n) is 11.8. The van der Waals surface area contributed by atoms with E-state index in [-0.39, 0.29) is 22.9 Å². The van der Waals surface area contributed by atoms with Gasteiger partial charge in [-0.15, -0.1) is 0 Å². The number of carbonyl (C=O) groups is 1. The number of rotatable bonds is 5. The summed E-state index contributed by atoms with van der Waals surface area (Å²) < 4.78 is 19.0. The molecule has 0 radical (unpaired) electrons. The highest BCUT2D eigenvalue weighted by Crippen LogP contribution is 2.73. The van der Waals surface area contributed by atoms with E-state index in [0.29, 0.717) is 18.2 Å². The van der Waals surface area contributed by atoms with Gasteiger partial charge in [0.1, 0.15) is 17.5 Å². The maximum atomic E-state index is 13.5. The van der Waals surface area contributed by atoms with Gasteiger partial charge in [0.05, 0.1) is 18.4 Å². The average Bonchev–Trinajstić information content (AvgIpc) is 3.12. The summed E-state index contributed by atoms with van der Waals surface area (Å²) in [4.78, 5) is 16.0. The Bertz CT molecular complexity index is 988. The number of ether oxygens (including phenoxy) is 3. The van der Waals surface area contributed by atoms with E-state index in [4.69, 9.17) is 14.2 Å². The lowest BCUT2D eigenvalue weighted by Crippen LogP contribution is -2.77. The Balaban J connectivity index is 1.67. The zero-order valence-corrected chi connectivity index (χ0v) is 19.1. The molecule has 2 heterocycles. The minimum absolute atomic E-state index is 0.123. The number of ketones is 1. The monoisotopic (exact) mass is 423 g/mol. The van der Waals surface area contributed by atoms with Gasteiger partial charge in [0.15, 0.2) is 11.5 Å². The van der Waals surface area contributed by atoms with Crippen molar-refractivity contribution in [3.63, 3.8) is 0 Å². The maximum Gasteiger partial charge on any atom is 0.166 e. The van der Waals surface area contributed by atoms with Gasteiger partial charge in [0.2, 0.25) is 0 Å². The van der Waals surface area contributed by atoms with Crippen molar-refractivity contribution in [2.24, 2.45) is 11.3 Å². The van der Waals surface area contributed by atoms with E-state index in [9.17, 15) is 4.79 Å². The van der Waals surface area contributed by atoms with Crippen LogP contribution in [0.25, 0.3) is 0 Å². The van der Waals surface area contributed by atoms with Crippen molar-refractivity contribution < 1.29 is 19.0 Å². The smallest absolute Gasteiger partial charge is 0.166 e. The Kier molecular flexibility index (Phi) is 4.06. The standard InChI is InChI=1S/C26H33NO4/c1-5-6-18(28)17-15-24-11-12-26(17,30-4)23-25(24)13-14-27(2)20(24)10-8-16-7-9-19(29-3)22(31-23)21(16)25/h7,9,11-12,17,20,23H,5-6,8,10,13-15H2,1-4H3/t17-,20-,23-,24-,25+,26+/m1/s1. The molecule has 0 unspecified atom stereocenters. The van der Waals surface area contributed by atoms with Gasteiger partial charge in [-0.3, -0.25) is 4.79 Å². The number of hydrogen-bond donors (Lipinski definition) is 0. The number of fused-ring (bicyclic) bond motifs is 1. The topological polar surface area (TPSA) is 48.0 Å². The molecule has 6 aliphatic rings. The molecule has 5 nitrogen and oxygen atoms in total. The zero-order valence-electron chi connectivity index (χ0n) is 19.1. The van der Waals surface area contributed by atoms with E-state index in [2.05, 4.69) is 43.2 Å². The molecule has 4 bridgehead atoms. The van der Waals surface area contributed by atoms with Gasteiger partial charge in [-0.2, -0.15) is 0 Å². The van der Waals surface area contributed by atoms with Crippen molar-refractivity contribution in [3.05, 3.63) is 35.4 Å². The number of benzene rings is 1. The van der Waals surface area contributed by atoms with Gasteiger partial charge >= 0.3 is 0 Å². The van der Waals surface area contributed by atoms with E-state index in [1.807, 2.05) is 0 Å². The molecule has 1 aromatic rings. The zero-order chi connectivity index (χ0) is 21.6. The van der Waals surface area contributed by atoms with Crippen LogP contribution in [0.2, 0.25) is 0 Å². The molecule has 31 heavy (non-hydrogen) atoms. The molecule has 2 aliphatic heterocycles. The van der Waals surface area contributed by atoms with Crippen LogP contribution in [0.15, 0.2) is 24.3 Å². The molecule has 1 aromatic carbocycles. The molecule has 0 amide bonds. The summed E-state index contributed by atoms with van der Waals surface area (Å²) in [7, 11) is 5.74. The molecular formula is C26H33NO4. The molecule has 0 N–H and O–H groups in total. The van der Waals surface area contributed by atoms with Crippen molar-refractivity contribution in [2.75, 3.05) is 27.8 Å². The normalized spacial score (nSPS) is 41.5. The fourth-order valence-corrected chi connectivity index (χ4v) is 8.25. The summed E-state index contributed by atoms with van der Waals surface area (Å²) in [5, 5.41) is 0. The SMILES string of the molecule is CCCC(=O)[C@H]1C[C@@]23C=C[C@@]1(OC)[C@@H]1Oc4c(OC)ccc5c4[C@@]12CCN(C)[C@@H]3CC5. The third kappa shape index (κ3) is 2.04. The lowest BCUT2D eigenvalue weighted by molar-refractivity contribution is -0.210. The van der Waals surface area contributed by atoms with E-state index in [1.165, 1.54) is 11.1 Å². The quantitative estimate of drug-likeness (QED) is 0.677. The molecule has 1 saturated heterocycles. The molecule has 6 atom stereocenters. The van der Waals surface area contributed by atoms with Crippen molar-refractivity contribution in [1.82, 2.24) is 4.90 Å². The summed E-state index contributed by atoms with van der Waals surface area (Å²) >= 11 is 0. The van der Waals surface area contributed by atoms with Crippen LogP contribution >= 0.6 is 0 Å². The molecule has 0 aromatic heterocycles. The van der Waals surface area contributed by atoms with Crippen LogP contribution < -0.4 is 9.47 Å². The number of Topliss-reactive ketones (excluding diaryl/α,β-unsaturated/α-hetero) is 1. The molecule has 7 rings (SSSR count). The number of hydrogen-bond acceptors (Lipinski definition) is 5. The Morgan fingerprint density at radius 2 is 2.13 bits per heavy atom. The highest BCUT2D eigenvalue weighted by molar-refractivity contribution is 5.84. The van der Waals surface area contributed by atoms with Crippen LogP contribution in [0, 0.1) is 11.3 Å². The third-order valence-corrected chi connectivity index (χ3v) is 9.44. The molecule has 2 spiro atoms. The number of nitrogens with zero attached hydrogens (tertiary/aromatic N) is 1. The molecule has 2 fully saturated rings. The largest absolute Gasteiger partial charge is 0.493 e. The maximum absolute atomic E-state index is 13.5. The fraction of sp³-hybridized carbons (Fsp3) is 0.654. The van der Waals surface area contributed by atoms with Crippen molar-refractivity contribution in [2.45, 2.75) is 68.6 Å². The van der Waals surface area contributed by atoms with Crippen LogP contribution in [0.4, 0.5) is 0 Å². The molecular weight excluding hydrogens is 390 g/mol. The average molecular weight is 424 g/mol. The number of likely N-dealkylation sites (tertiary alicyclic amines) is 1. The molecule has 1 saturated carbocycles. The second-order valence-electron chi connectivity index (χ2n) is 10.3. The van der Waals surface area contributed by atoms with Gasteiger partial charge in [0.25, 0.3) is 0 Å². The molecule has 166 valence electrons. The van der Waals surface area contributed by atoms with Crippen molar-refractivity contribution in [1.29, 1.82) is 0 Å². The van der Waals surface area contributed by atoms with Gasteiger partial charge in [-0.1, -0.05) is 25.1 Å². The highest BCUT2D eigenvalue weighted by atomic mass is 16.6. The second-order valence-corrected chi connectivity index (χ2v) is 10.3. The minimum atomic E-state index is -0.722. The number of aryl methyl sites for hydroxylation is 1. The first-order chi connectivity index (χ1) is 15.0. The number of piperidine rings is 1. The van der Waals surface area contributed by atoms with E-state index < -0.39 is 5.60 Å². The van der Waals surface area contributed by atoms with E-state index in [0.717, 1.165) is 50.1 Å². The Morgan fingerprint density at radius 1 is 1.29 bits per heavy atom. The van der Waals surface area contributed by atoms with Crippen LogP contribution in [-0.4, -0.2) is 56.2 Å². The molecule has 5 heteroatoms. The summed E-state index contributed by atoms with van der Waals surface area (Å²) in [6.07, 6.45) is 9.91. The molecule has 4 aliphatic carbocycles. The summed E-state index contributed by atoms with van der Waals surface area (Å²) in [5.74, 6) is 1.85. The second kappa shape index (κ2) is 6.35. The van der Waals surface area contributed by atoms with Crippen LogP contribution in [-0.2, 0) is 21.4 Å².